The van der Waals surface area contributed by atoms with Crippen LogP contribution in [0, 0.1) is 0 Å². The SMILES string of the molecule is CCC(C)NCC(=O)Nc1ccc(Cl)c(C(=O)O)c1. The molecule has 1 rings (SSSR count). The Morgan fingerprint density at radius 3 is 2.68 bits per heavy atom. The van der Waals surface area contributed by atoms with Gasteiger partial charge < -0.3 is 15.7 Å². The summed E-state index contributed by atoms with van der Waals surface area (Å²) in [6.45, 7) is 4.19. The number of carboxylic acids is 1. The summed E-state index contributed by atoms with van der Waals surface area (Å²) in [7, 11) is 0. The van der Waals surface area contributed by atoms with Crippen LogP contribution in [0.2, 0.25) is 5.02 Å². The molecule has 6 heteroatoms. The lowest BCUT2D eigenvalue weighted by Crippen LogP contribution is -2.33. The van der Waals surface area contributed by atoms with Crippen molar-refractivity contribution in [2.45, 2.75) is 26.3 Å². The molecule has 0 aliphatic carbocycles. The summed E-state index contributed by atoms with van der Waals surface area (Å²) < 4.78 is 0. The van der Waals surface area contributed by atoms with Crippen LogP contribution in [0.3, 0.4) is 0 Å². The number of aromatic carboxylic acids is 1. The maximum Gasteiger partial charge on any atom is 0.337 e. The van der Waals surface area contributed by atoms with Crippen LogP contribution >= 0.6 is 11.6 Å². The lowest BCUT2D eigenvalue weighted by atomic mass is 10.2. The molecule has 1 aromatic rings. The van der Waals surface area contributed by atoms with Crippen LogP contribution in [0.4, 0.5) is 5.69 Å². The Hall–Kier alpha value is -1.59. The summed E-state index contributed by atoms with van der Waals surface area (Å²) in [5.74, 6) is -1.35. The monoisotopic (exact) mass is 284 g/mol. The number of hydrogen-bond acceptors (Lipinski definition) is 3. The molecule has 104 valence electrons. The summed E-state index contributed by atoms with van der Waals surface area (Å²) in [6, 6.07) is 4.61. The highest BCUT2D eigenvalue weighted by Gasteiger charge is 2.11. The van der Waals surface area contributed by atoms with Gasteiger partial charge in [0.1, 0.15) is 0 Å². The number of rotatable bonds is 6. The molecule has 1 unspecified atom stereocenters. The number of carbonyl (C=O) groups is 2. The second-order valence-corrected chi connectivity index (χ2v) is 4.65. The Morgan fingerprint density at radius 2 is 2.11 bits per heavy atom. The van der Waals surface area contributed by atoms with Crippen LogP contribution in [-0.4, -0.2) is 29.6 Å². The number of amides is 1. The highest BCUT2D eigenvalue weighted by atomic mass is 35.5. The van der Waals surface area contributed by atoms with Gasteiger partial charge in [-0.3, -0.25) is 4.79 Å². The Morgan fingerprint density at radius 1 is 1.42 bits per heavy atom. The average molecular weight is 285 g/mol. The van der Waals surface area contributed by atoms with Gasteiger partial charge in [-0.05, 0) is 31.5 Å². The molecule has 3 N–H and O–H groups in total. The van der Waals surface area contributed by atoms with E-state index in [-0.39, 0.29) is 29.1 Å². The van der Waals surface area contributed by atoms with Crippen molar-refractivity contribution < 1.29 is 14.7 Å². The van der Waals surface area contributed by atoms with E-state index in [2.05, 4.69) is 10.6 Å². The largest absolute Gasteiger partial charge is 0.478 e. The van der Waals surface area contributed by atoms with E-state index in [9.17, 15) is 9.59 Å². The molecule has 0 bridgehead atoms. The fourth-order valence-electron chi connectivity index (χ4n) is 1.38. The van der Waals surface area contributed by atoms with Crippen molar-refractivity contribution in [1.82, 2.24) is 5.32 Å². The number of carboxylic acid groups (broad SMARTS) is 1. The number of hydrogen-bond donors (Lipinski definition) is 3. The molecule has 0 radical (unpaired) electrons. The Bertz CT molecular complexity index is 477. The van der Waals surface area contributed by atoms with Crippen LogP contribution < -0.4 is 10.6 Å². The van der Waals surface area contributed by atoms with Crippen molar-refractivity contribution in [3.05, 3.63) is 28.8 Å². The van der Waals surface area contributed by atoms with Gasteiger partial charge >= 0.3 is 5.97 Å². The topological polar surface area (TPSA) is 78.4 Å². The van der Waals surface area contributed by atoms with Gasteiger partial charge in [-0.1, -0.05) is 18.5 Å². The molecular weight excluding hydrogens is 268 g/mol. The molecule has 5 nitrogen and oxygen atoms in total. The molecule has 19 heavy (non-hydrogen) atoms. The maximum atomic E-state index is 11.6. The van der Waals surface area contributed by atoms with Crippen LogP contribution in [-0.2, 0) is 4.79 Å². The van der Waals surface area contributed by atoms with Gasteiger partial charge in [-0.25, -0.2) is 4.79 Å². The summed E-state index contributed by atoms with van der Waals surface area (Å²) >= 11 is 5.74. The molecule has 1 aromatic carbocycles. The summed E-state index contributed by atoms with van der Waals surface area (Å²) in [4.78, 5) is 22.5. The predicted molar refractivity (Wildman–Crippen MR) is 74.8 cm³/mol. The van der Waals surface area contributed by atoms with Crippen molar-refractivity contribution in [1.29, 1.82) is 0 Å². The van der Waals surface area contributed by atoms with Crippen LogP contribution in [0.1, 0.15) is 30.6 Å². The first-order chi connectivity index (χ1) is 8.93. The number of halogens is 1. The Balaban J connectivity index is 2.64. The van der Waals surface area contributed by atoms with Gasteiger partial charge in [0.05, 0.1) is 17.1 Å². The minimum absolute atomic E-state index is 0.0330. The first-order valence-electron chi connectivity index (χ1n) is 6.00. The zero-order valence-electron chi connectivity index (χ0n) is 10.9. The van der Waals surface area contributed by atoms with E-state index >= 15 is 0 Å². The van der Waals surface area contributed by atoms with Gasteiger partial charge in [0.15, 0.2) is 0 Å². The van der Waals surface area contributed by atoms with Crippen molar-refractivity contribution >= 4 is 29.2 Å². The fourth-order valence-corrected chi connectivity index (χ4v) is 1.58. The summed E-state index contributed by atoms with van der Waals surface area (Å²) in [5, 5.41) is 14.7. The molecule has 1 atom stereocenters. The highest BCUT2D eigenvalue weighted by Crippen LogP contribution is 2.20. The van der Waals surface area contributed by atoms with E-state index < -0.39 is 5.97 Å². The van der Waals surface area contributed by atoms with Crippen molar-refractivity contribution in [3.63, 3.8) is 0 Å². The lowest BCUT2D eigenvalue weighted by Gasteiger charge is -2.11. The van der Waals surface area contributed by atoms with Gasteiger partial charge in [-0.15, -0.1) is 0 Å². The molecule has 0 saturated heterocycles. The molecule has 0 fully saturated rings. The average Bonchev–Trinajstić information content (AvgIpc) is 2.37. The number of nitrogens with one attached hydrogen (secondary N) is 2. The minimum atomic E-state index is -1.13. The quantitative estimate of drug-likeness (QED) is 0.749. The Labute approximate surface area is 117 Å². The fraction of sp³-hybridized carbons (Fsp3) is 0.385. The van der Waals surface area contributed by atoms with E-state index in [1.165, 1.54) is 12.1 Å². The van der Waals surface area contributed by atoms with Gasteiger partial charge in [0, 0.05) is 11.7 Å². The third-order valence-corrected chi connectivity index (χ3v) is 3.03. The molecule has 0 saturated carbocycles. The predicted octanol–water partition coefficient (Wildman–Crippen LogP) is 2.36. The zero-order valence-corrected chi connectivity index (χ0v) is 11.6. The summed E-state index contributed by atoms with van der Waals surface area (Å²) in [5.41, 5.74) is 0.382. The third-order valence-electron chi connectivity index (χ3n) is 2.70. The summed E-state index contributed by atoms with van der Waals surface area (Å²) in [6.07, 6.45) is 0.928. The van der Waals surface area contributed by atoms with E-state index in [0.717, 1.165) is 6.42 Å². The van der Waals surface area contributed by atoms with Crippen LogP contribution in [0.15, 0.2) is 18.2 Å². The highest BCUT2D eigenvalue weighted by molar-refractivity contribution is 6.33. The molecule has 0 aliphatic rings. The number of carbonyl (C=O) groups excluding carboxylic acids is 1. The third kappa shape index (κ3) is 4.89. The molecule has 0 aromatic heterocycles. The molecule has 0 heterocycles. The van der Waals surface area contributed by atoms with E-state index in [0.29, 0.717) is 5.69 Å². The van der Waals surface area contributed by atoms with Gasteiger partial charge in [0.25, 0.3) is 0 Å². The second-order valence-electron chi connectivity index (χ2n) is 4.24. The maximum absolute atomic E-state index is 11.6. The van der Waals surface area contributed by atoms with E-state index in [1.807, 2.05) is 13.8 Å². The van der Waals surface area contributed by atoms with Crippen molar-refractivity contribution in [2.24, 2.45) is 0 Å². The minimum Gasteiger partial charge on any atom is -0.478 e. The zero-order chi connectivity index (χ0) is 14.4. The van der Waals surface area contributed by atoms with Gasteiger partial charge in [0.2, 0.25) is 5.91 Å². The number of benzene rings is 1. The Kier molecular flexibility index (Phi) is 5.79. The normalized spacial score (nSPS) is 11.9. The molecule has 0 aliphatic heterocycles. The van der Waals surface area contributed by atoms with E-state index in [4.69, 9.17) is 16.7 Å². The number of anilines is 1. The van der Waals surface area contributed by atoms with Crippen LogP contribution in [0.5, 0.6) is 0 Å². The van der Waals surface area contributed by atoms with Gasteiger partial charge in [-0.2, -0.15) is 0 Å². The molecule has 1 amide bonds. The molecule has 0 spiro atoms. The van der Waals surface area contributed by atoms with E-state index in [1.54, 1.807) is 6.07 Å². The van der Waals surface area contributed by atoms with Crippen LogP contribution in [0.25, 0.3) is 0 Å². The molecular formula is C13H17ClN2O3. The first kappa shape index (κ1) is 15.5. The first-order valence-corrected chi connectivity index (χ1v) is 6.38. The van der Waals surface area contributed by atoms with Crippen molar-refractivity contribution in [3.8, 4) is 0 Å². The lowest BCUT2D eigenvalue weighted by molar-refractivity contribution is -0.115. The smallest absolute Gasteiger partial charge is 0.337 e. The standard InChI is InChI=1S/C13H17ClN2O3/c1-3-8(2)15-7-12(17)16-9-4-5-11(14)10(6-9)13(18)19/h4-6,8,15H,3,7H2,1-2H3,(H,16,17)(H,18,19). The van der Waals surface area contributed by atoms with Crippen molar-refractivity contribution in [2.75, 3.05) is 11.9 Å². The second kappa shape index (κ2) is 7.11.